The summed E-state index contributed by atoms with van der Waals surface area (Å²) in [5, 5.41) is 4.79. The molecule has 5 nitrogen and oxygen atoms in total. The lowest BCUT2D eigenvalue weighted by Crippen LogP contribution is -2.21. The molecule has 3 aromatic rings. The molecule has 1 amide bonds. The number of rotatable bonds is 3. The fourth-order valence-corrected chi connectivity index (χ4v) is 2.91. The Bertz CT molecular complexity index is 988. The fourth-order valence-electron chi connectivity index (χ4n) is 2.91. The first-order valence-electron chi connectivity index (χ1n) is 7.79. The van der Waals surface area contributed by atoms with Gasteiger partial charge in [-0.2, -0.15) is 5.10 Å². The Morgan fingerprint density at radius 2 is 1.76 bits per heavy atom. The Morgan fingerprint density at radius 3 is 2.32 bits per heavy atom. The van der Waals surface area contributed by atoms with Crippen LogP contribution in [0.25, 0.3) is 22.0 Å². The molecule has 0 fully saturated rings. The number of aryl methyl sites for hydroxylation is 1. The number of halogens is 1. The van der Waals surface area contributed by atoms with Gasteiger partial charge in [0.05, 0.1) is 5.52 Å². The summed E-state index contributed by atoms with van der Waals surface area (Å²) in [4.78, 5) is 25.2. The highest BCUT2D eigenvalue weighted by Crippen LogP contribution is 2.29. The van der Waals surface area contributed by atoms with Crippen molar-refractivity contribution < 1.29 is 14.0 Å². The zero-order valence-electron chi connectivity index (χ0n) is 14.5. The largest absolute Gasteiger partial charge is 0.345 e. The second-order valence-corrected chi connectivity index (χ2v) is 6.15. The highest BCUT2D eigenvalue weighted by atomic mass is 19.1. The van der Waals surface area contributed by atoms with E-state index in [1.54, 1.807) is 51.5 Å². The van der Waals surface area contributed by atoms with Crippen molar-refractivity contribution in [1.82, 2.24) is 14.7 Å². The zero-order chi connectivity index (χ0) is 18.3. The number of Topliss-reactive ketones (excluding diaryl/α,β-unsaturated/α-hetero) is 1. The number of benzene rings is 2. The molecule has 0 radical (unpaired) electrons. The minimum absolute atomic E-state index is 0.113. The molecule has 25 heavy (non-hydrogen) atoms. The number of nitrogens with zero attached hydrogens (tertiary/aromatic N) is 3. The molecular formula is C19H18FN3O2. The average Bonchev–Trinajstić information content (AvgIpc) is 2.88. The van der Waals surface area contributed by atoms with Crippen LogP contribution < -0.4 is 0 Å². The monoisotopic (exact) mass is 339 g/mol. The van der Waals surface area contributed by atoms with Crippen molar-refractivity contribution in [3.63, 3.8) is 0 Å². The predicted molar refractivity (Wildman–Crippen MR) is 94.1 cm³/mol. The quantitative estimate of drug-likeness (QED) is 0.688. The molecule has 0 saturated heterocycles. The van der Waals surface area contributed by atoms with E-state index in [9.17, 15) is 14.0 Å². The zero-order valence-corrected chi connectivity index (χ0v) is 14.5. The third kappa shape index (κ3) is 2.91. The Labute approximate surface area is 144 Å². The van der Waals surface area contributed by atoms with Crippen molar-refractivity contribution in [3.8, 4) is 11.1 Å². The molecule has 0 unspecified atom stereocenters. The number of carbonyl (C=O) groups excluding carboxylic acids is 2. The summed E-state index contributed by atoms with van der Waals surface area (Å²) in [5.41, 5.74) is 2.49. The van der Waals surface area contributed by atoms with Crippen LogP contribution in [0.15, 0.2) is 36.4 Å². The second-order valence-electron chi connectivity index (χ2n) is 6.15. The normalized spacial score (nSPS) is 10.9. The maximum absolute atomic E-state index is 14.6. The number of hydrogen-bond donors (Lipinski definition) is 0. The topological polar surface area (TPSA) is 55.2 Å². The molecule has 6 heteroatoms. The molecule has 0 bridgehead atoms. The summed E-state index contributed by atoms with van der Waals surface area (Å²) in [6, 6.07) is 9.71. The van der Waals surface area contributed by atoms with Crippen LogP contribution in [-0.4, -0.2) is 40.5 Å². The highest BCUT2D eigenvalue weighted by Gasteiger charge is 2.17. The molecule has 2 aromatic carbocycles. The Balaban J connectivity index is 2.09. The van der Waals surface area contributed by atoms with Crippen LogP contribution in [0.1, 0.15) is 27.8 Å². The standard InChI is InChI=1S/C19H18FN3O2/c1-11(24)18-15-9-16(20)14(10-17(15)21-23(18)4)12-5-7-13(8-6-12)19(25)22(2)3/h5-10H,1-4H3. The number of carbonyl (C=O) groups is 2. The molecule has 0 aliphatic heterocycles. The third-order valence-corrected chi connectivity index (χ3v) is 4.10. The van der Waals surface area contributed by atoms with E-state index >= 15 is 0 Å². The van der Waals surface area contributed by atoms with E-state index in [4.69, 9.17) is 0 Å². The number of aromatic nitrogens is 2. The number of amides is 1. The van der Waals surface area contributed by atoms with E-state index < -0.39 is 5.82 Å². The molecule has 1 aromatic heterocycles. The van der Waals surface area contributed by atoms with Crippen molar-refractivity contribution in [2.45, 2.75) is 6.92 Å². The number of fused-ring (bicyclic) bond motifs is 1. The smallest absolute Gasteiger partial charge is 0.253 e. The van der Waals surface area contributed by atoms with Crippen LogP contribution in [-0.2, 0) is 7.05 Å². The van der Waals surface area contributed by atoms with Gasteiger partial charge in [0.1, 0.15) is 11.5 Å². The van der Waals surface area contributed by atoms with Gasteiger partial charge in [0.25, 0.3) is 5.91 Å². The Kier molecular flexibility index (Phi) is 4.12. The van der Waals surface area contributed by atoms with Gasteiger partial charge in [0.2, 0.25) is 0 Å². The lowest BCUT2D eigenvalue weighted by molar-refractivity contribution is 0.0827. The number of hydrogen-bond acceptors (Lipinski definition) is 3. The van der Waals surface area contributed by atoms with Gasteiger partial charge in [-0.3, -0.25) is 14.3 Å². The van der Waals surface area contributed by atoms with Crippen molar-refractivity contribution in [3.05, 3.63) is 53.5 Å². The molecule has 0 atom stereocenters. The van der Waals surface area contributed by atoms with Gasteiger partial charge in [-0.25, -0.2) is 4.39 Å². The van der Waals surface area contributed by atoms with Gasteiger partial charge in [0, 0.05) is 44.6 Å². The van der Waals surface area contributed by atoms with Crippen molar-refractivity contribution in [1.29, 1.82) is 0 Å². The SMILES string of the molecule is CC(=O)c1c2cc(F)c(-c3ccc(C(=O)N(C)C)cc3)cc2nn1C. The summed E-state index contributed by atoms with van der Waals surface area (Å²) >= 11 is 0. The van der Waals surface area contributed by atoms with Gasteiger partial charge in [0.15, 0.2) is 5.78 Å². The van der Waals surface area contributed by atoms with Gasteiger partial charge >= 0.3 is 0 Å². The first-order chi connectivity index (χ1) is 11.8. The highest BCUT2D eigenvalue weighted by molar-refractivity contribution is 6.05. The molecule has 0 spiro atoms. The van der Waals surface area contributed by atoms with Crippen LogP contribution in [0, 0.1) is 5.82 Å². The van der Waals surface area contributed by atoms with Gasteiger partial charge in [-0.05, 0) is 29.8 Å². The van der Waals surface area contributed by atoms with Gasteiger partial charge < -0.3 is 4.90 Å². The average molecular weight is 339 g/mol. The van der Waals surface area contributed by atoms with Gasteiger partial charge in [-0.15, -0.1) is 0 Å². The van der Waals surface area contributed by atoms with E-state index in [-0.39, 0.29) is 11.7 Å². The molecule has 0 N–H and O–H groups in total. The van der Waals surface area contributed by atoms with E-state index in [1.807, 2.05) is 0 Å². The third-order valence-electron chi connectivity index (χ3n) is 4.10. The summed E-state index contributed by atoms with van der Waals surface area (Å²) in [6.07, 6.45) is 0. The summed E-state index contributed by atoms with van der Waals surface area (Å²) in [6.45, 7) is 1.43. The second kappa shape index (κ2) is 6.12. The van der Waals surface area contributed by atoms with Crippen LogP contribution in [0.5, 0.6) is 0 Å². The maximum atomic E-state index is 14.6. The minimum Gasteiger partial charge on any atom is -0.345 e. The van der Waals surface area contributed by atoms with E-state index in [0.29, 0.717) is 33.3 Å². The summed E-state index contributed by atoms with van der Waals surface area (Å²) in [5.74, 6) is -0.711. The minimum atomic E-state index is -0.435. The van der Waals surface area contributed by atoms with E-state index in [1.165, 1.54) is 22.6 Å². The molecular weight excluding hydrogens is 321 g/mol. The Hall–Kier alpha value is -3.02. The van der Waals surface area contributed by atoms with Crippen LogP contribution >= 0.6 is 0 Å². The first kappa shape index (κ1) is 16.8. The molecule has 3 rings (SSSR count). The van der Waals surface area contributed by atoms with Crippen molar-refractivity contribution in [2.24, 2.45) is 7.05 Å². The van der Waals surface area contributed by atoms with Crippen molar-refractivity contribution in [2.75, 3.05) is 14.1 Å². The molecule has 0 aliphatic carbocycles. The van der Waals surface area contributed by atoms with Crippen LogP contribution in [0.4, 0.5) is 4.39 Å². The predicted octanol–water partition coefficient (Wildman–Crippen LogP) is 3.28. The van der Waals surface area contributed by atoms with E-state index in [0.717, 1.165) is 0 Å². The molecule has 0 aliphatic rings. The molecule has 1 heterocycles. The lowest BCUT2D eigenvalue weighted by atomic mass is 10.0. The Morgan fingerprint density at radius 1 is 1.12 bits per heavy atom. The van der Waals surface area contributed by atoms with Gasteiger partial charge in [-0.1, -0.05) is 12.1 Å². The molecule has 128 valence electrons. The van der Waals surface area contributed by atoms with Crippen LogP contribution in [0.3, 0.4) is 0 Å². The fraction of sp³-hybridized carbons (Fsp3) is 0.211. The summed E-state index contributed by atoms with van der Waals surface area (Å²) < 4.78 is 16.1. The summed E-state index contributed by atoms with van der Waals surface area (Å²) in [7, 11) is 5.02. The lowest BCUT2D eigenvalue weighted by Gasteiger charge is -2.11. The number of ketones is 1. The molecule has 0 saturated carbocycles. The van der Waals surface area contributed by atoms with E-state index in [2.05, 4.69) is 5.10 Å². The van der Waals surface area contributed by atoms with Crippen LogP contribution in [0.2, 0.25) is 0 Å². The van der Waals surface area contributed by atoms with Crippen molar-refractivity contribution >= 4 is 22.6 Å². The first-order valence-corrected chi connectivity index (χ1v) is 7.79. The maximum Gasteiger partial charge on any atom is 0.253 e.